The number of pyridine rings is 3. The Morgan fingerprint density at radius 1 is 1.00 bits per heavy atom. The number of nitrogens with one attached hydrogen (secondary N) is 1. The Bertz CT molecular complexity index is 1720. The molecule has 212 valence electrons. The Labute approximate surface area is 238 Å². The van der Waals surface area contributed by atoms with Gasteiger partial charge in [-0.25, -0.2) is 18.4 Å². The van der Waals surface area contributed by atoms with Crippen molar-refractivity contribution in [2.45, 2.75) is 44.0 Å². The highest BCUT2D eigenvalue weighted by Gasteiger charge is 2.27. The first-order valence-corrected chi connectivity index (χ1v) is 15.2. The predicted molar refractivity (Wildman–Crippen MR) is 154 cm³/mol. The van der Waals surface area contributed by atoms with E-state index >= 15 is 0 Å². The van der Waals surface area contributed by atoms with Gasteiger partial charge in [-0.05, 0) is 61.9 Å². The predicted octanol–water partition coefficient (Wildman–Crippen LogP) is 3.54. The van der Waals surface area contributed by atoms with Gasteiger partial charge in [-0.1, -0.05) is 12.1 Å². The molecule has 1 N–H and O–H groups in total. The summed E-state index contributed by atoms with van der Waals surface area (Å²) in [5.41, 5.74) is 3.70. The third-order valence-electron chi connectivity index (χ3n) is 7.41. The van der Waals surface area contributed by atoms with Crippen molar-refractivity contribution < 1.29 is 22.7 Å². The lowest BCUT2D eigenvalue weighted by atomic mass is 10.1. The number of fused-ring (bicyclic) bond motifs is 2. The van der Waals surface area contributed by atoms with E-state index in [2.05, 4.69) is 29.0 Å². The number of benzene rings is 1. The van der Waals surface area contributed by atoms with Gasteiger partial charge in [-0.2, -0.15) is 0 Å². The van der Waals surface area contributed by atoms with Crippen LogP contribution in [0.2, 0.25) is 0 Å². The van der Waals surface area contributed by atoms with Crippen molar-refractivity contribution in [3.63, 3.8) is 0 Å². The van der Waals surface area contributed by atoms with Crippen LogP contribution >= 0.6 is 0 Å². The maximum absolute atomic E-state index is 12.9. The van der Waals surface area contributed by atoms with Crippen LogP contribution in [0.25, 0.3) is 22.3 Å². The number of hydrogen-bond donors (Lipinski definition) is 1. The molecule has 0 unspecified atom stereocenters. The lowest BCUT2D eigenvalue weighted by Gasteiger charge is -2.39. The number of aromatic nitrogens is 3. The van der Waals surface area contributed by atoms with E-state index in [-0.39, 0.29) is 54.0 Å². The SMILES string of the molecule is C[C@H]1COC[C@H](C)N1c1cccc(-c2ccc3cnc(CNC(=O)c4ccc5c(c4)S(=O)(=O)CCOC5)cc3n2)n1. The molecule has 0 radical (unpaired) electrons. The number of morpholine rings is 1. The standard InChI is InChI=1S/C30H31N5O5S/c1-19-16-40-17-20(2)35(19)29-5-3-4-25(34-29)26-9-8-22-14-31-24(13-27(22)33-26)15-32-30(36)21-6-7-23-18-39-10-11-41(37,38)28(23)12-21/h3-9,12-14,19-20H,10-11,15-18H2,1-2H3,(H,32,36)/t19-,20-/m0/s1. The molecule has 0 aliphatic carbocycles. The number of carbonyl (C=O) groups is 1. The summed E-state index contributed by atoms with van der Waals surface area (Å²) in [5.74, 6) is 0.403. The molecule has 1 saturated heterocycles. The molecule has 11 heteroatoms. The summed E-state index contributed by atoms with van der Waals surface area (Å²) in [6.07, 6.45) is 1.73. The maximum Gasteiger partial charge on any atom is 0.251 e. The molecule has 2 atom stereocenters. The molecule has 5 heterocycles. The summed E-state index contributed by atoms with van der Waals surface area (Å²) in [4.78, 5) is 29.6. The van der Waals surface area contributed by atoms with E-state index in [1.807, 2.05) is 36.4 Å². The van der Waals surface area contributed by atoms with Gasteiger partial charge in [0.2, 0.25) is 0 Å². The molecule has 2 aliphatic rings. The highest BCUT2D eigenvalue weighted by Crippen LogP contribution is 2.26. The fourth-order valence-corrected chi connectivity index (χ4v) is 6.69. The highest BCUT2D eigenvalue weighted by molar-refractivity contribution is 7.91. The van der Waals surface area contributed by atoms with Crippen LogP contribution in [0, 0.1) is 0 Å². The van der Waals surface area contributed by atoms with E-state index in [1.165, 1.54) is 6.07 Å². The minimum absolute atomic E-state index is 0.105. The second-order valence-corrected chi connectivity index (χ2v) is 12.5. The molecule has 41 heavy (non-hydrogen) atoms. The number of nitrogens with zero attached hydrogens (tertiary/aromatic N) is 4. The largest absolute Gasteiger partial charge is 0.377 e. The average molecular weight is 574 g/mol. The average Bonchev–Trinajstić information content (AvgIpc) is 3.12. The second-order valence-electron chi connectivity index (χ2n) is 10.5. The van der Waals surface area contributed by atoms with Crippen LogP contribution < -0.4 is 10.2 Å². The first-order valence-electron chi connectivity index (χ1n) is 13.6. The zero-order valence-electron chi connectivity index (χ0n) is 22.9. The Hall–Kier alpha value is -3.93. The molecule has 0 bridgehead atoms. The lowest BCUT2D eigenvalue weighted by Crippen LogP contribution is -2.50. The van der Waals surface area contributed by atoms with Crippen molar-refractivity contribution in [2.75, 3.05) is 30.5 Å². The number of anilines is 1. The Morgan fingerprint density at radius 3 is 2.63 bits per heavy atom. The van der Waals surface area contributed by atoms with Gasteiger partial charge < -0.3 is 19.7 Å². The third-order valence-corrected chi connectivity index (χ3v) is 9.16. The normalized spacial score (nSPS) is 20.3. The third kappa shape index (κ3) is 5.65. The van der Waals surface area contributed by atoms with E-state index < -0.39 is 9.84 Å². The Kier molecular flexibility index (Phi) is 7.41. The number of amides is 1. The van der Waals surface area contributed by atoms with Crippen LogP contribution in [-0.2, 0) is 32.5 Å². The molecule has 6 rings (SSSR count). The zero-order chi connectivity index (χ0) is 28.6. The van der Waals surface area contributed by atoms with Crippen LogP contribution in [0.5, 0.6) is 0 Å². The molecule has 1 amide bonds. The summed E-state index contributed by atoms with van der Waals surface area (Å²) in [5, 5.41) is 3.71. The molecule has 1 aromatic carbocycles. The first-order chi connectivity index (χ1) is 19.8. The smallest absolute Gasteiger partial charge is 0.251 e. The van der Waals surface area contributed by atoms with E-state index in [9.17, 15) is 13.2 Å². The molecule has 10 nitrogen and oxygen atoms in total. The Morgan fingerprint density at radius 2 is 1.80 bits per heavy atom. The molecule has 1 fully saturated rings. The number of rotatable bonds is 5. The highest BCUT2D eigenvalue weighted by atomic mass is 32.2. The minimum atomic E-state index is -3.51. The molecule has 3 aromatic heterocycles. The maximum atomic E-state index is 12.9. The molecule has 4 aromatic rings. The summed E-state index contributed by atoms with van der Waals surface area (Å²) in [6, 6.07) is 16.8. The van der Waals surface area contributed by atoms with Crippen molar-refractivity contribution in [1.29, 1.82) is 0 Å². The fourth-order valence-electron chi connectivity index (χ4n) is 5.30. The van der Waals surface area contributed by atoms with Gasteiger partial charge in [0, 0.05) is 17.1 Å². The molecule has 2 aliphatic heterocycles. The van der Waals surface area contributed by atoms with Crippen LogP contribution in [0.4, 0.5) is 5.82 Å². The quantitative estimate of drug-likeness (QED) is 0.382. The summed E-state index contributed by atoms with van der Waals surface area (Å²) in [7, 11) is -3.51. The van der Waals surface area contributed by atoms with Gasteiger partial charge >= 0.3 is 0 Å². The second kappa shape index (κ2) is 11.2. The van der Waals surface area contributed by atoms with Crippen LogP contribution in [0.15, 0.2) is 65.7 Å². The molecular weight excluding hydrogens is 542 g/mol. The van der Waals surface area contributed by atoms with Gasteiger partial charge in [-0.3, -0.25) is 9.78 Å². The van der Waals surface area contributed by atoms with Gasteiger partial charge in [0.1, 0.15) is 5.82 Å². The van der Waals surface area contributed by atoms with Gasteiger partial charge in [0.05, 0.1) is 78.3 Å². The number of hydrogen-bond acceptors (Lipinski definition) is 9. The first kappa shape index (κ1) is 27.3. The topological polar surface area (TPSA) is 124 Å². The molecule has 0 saturated carbocycles. The summed E-state index contributed by atoms with van der Waals surface area (Å²) >= 11 is 0. The molecule has 0 spiro atoms. The van der Waals surface area contributed by atoms with E-state index in [0.29, 0.717) is 24.5 Å². The van der Waals surface area contributed by atoms with Crippen molar-refractivity contribution in [3.8, 4) is 11.4 Å². The fraction of sp³-hybridized carbons (Fsp3) is 0.333. The number of ether oxygens (including phenoxy) is 2. The van der Waals surface area contributed by atoms with Crippen molar-refractivity contribution in [3.05, 3.63) is 77.6 Å². The summed E-state index contributed by atoms with van der Waals surface area (Å²) in [6.45, 7) is 6.10. The molecular formula is C30H31N5O5S. The summed E-state index contributed by atoms with van der Waals surface area (Å²) < 4.78 is 36.2. The number of sulfone groups is 1. The van der Waals surface area contributed by atoms with E-state index in [0.717, 1.165) is 28.1 Å². The van der Waals surface area contributed by atoms with Crippen molar-refractivity contribution >= 4 is 32.5 Å². The van der Waals surface area contributed by atoms with Gasteiger partial charge in [0.15, 0.2) is 9.84 Å². The minimum Gasteiger partial charge on any atom is -0.377 e. The van der Waals surface area contributed by atoms with E-state index in [1.54, 1.807) is 18.3 Å². The lowest BCUT2D eigenvalue weighted by molar-refractivity contribution is 0.0752. The van der Waals surface area contributed by atoms with Crippen LogP contribution in [0.1, 0.15) is 35.5 Å². The van der Waals surface area contributed by atoms with Crippen LogP contribution in [-0.4, -0.2) is 66.9 Å². The van der Waals surface area contributed by atoms with Crippen LogP contribution in [0.3, 0.4) is 0 Å². The monoisotopic (exact) mass is 573 g/mol. The number of carbonyl (C=O) groups excluding carboxylic acids is 1. The Balaban J connectivity index is 1.21. The van der Waals surface area contributed by atoms with Crippen molar-refractivity contribution in [1.82, 2.24) is 20.3 Å². The van der Waals surface area contributed by atoms with Gasteiger partial charge in [0.25, 0.3) is 5.91 Å². The zero-order valence-corrected chi connectivity index (χ0v) is 23.7. The van der Waals surface area contributed by atoms with E-state index in [4.69, 9.17) is 19.4 Å². The van der Waals surface area contributed by atoms with Crippen molar-refractivity contribution in [2.24, 2.45) is 0 Å². The van der Waals surface area contributed by atoms with Gasteiger partial charge in [-0.15, -0.1) is 0 Å².